The van der Waals surface area contributed by atoms with Gasteiger partial charge in [-0.3, -0.25) is 9.59 Å². The van der Waals surface area contributed by atoms with E-state index in [-0.39, 0.29) is 12.5 Å². The average Bonchev–Trinajstić information content (AvgIpc) is 2.45. The Kier molecular flexibility index (Phi) is 3.89. The van der Waals surface area contributed by atoms with E-state index in [2.05, 4.69) is 4.74 Å². The van der Waals surface area contributed by atoms with Gasteiger partial charge in [0.1, 0.15) is 6.54 Å². The number of carbonyl (C=O) groups is 2. The fraction of sp³-hybridized carbons (Fsp3) is 0.200. The first kappa shape index (κ1) is 13.9. The second kappa shape index (κ2) is 5.61. The van der Waals surface area contributed by atoms with Crippen molar-refractivity contribution in [3.05, 3.63) is 42.0 Å². The average molecular weight is 272 g/mol. The van der Waals surface area contributed by atoms with Crippen molar-refractivity contribution in [3.63, 3.8) is 0 Å². The summed E-state index contributed by atoms with van der Waals surface area (Å²) >= 11 is 0. The molecule has 1 amide bonds. The highest BCUT2D eigenvalue weighted by Crippen LogP contribution is 2.22. The fourth-order valence-corrected chi connectivity index (χ4v) is 1.98. The van der Waals surface area contributed by atoms with Crippen molar-refractivity contribution in [2.24, 2.45) is 0 Å². The van der Waals surface area contributed by atoms with Gasteiger partial charge in [-0.1, -0.05) is 24.3 Å². The molecule has 20 heavy (non-hydrogen) atoms. The van der Waals surface area contributed by atoms with Crippen LogP contribution in [0.1, 0.15) is 10.4 Å². The molecule has 0 saturated carbocycles. The molecule has 2 N–H and O–H groups in total. The number of fused-ring (bicyclic) bond motifs is 1. The summed E-state index contributed by atoms with van der Waals surface area (Å²) in [5.74, 6) is -0.779. The monoisotopic (exact) mass is 272 g/mol. The van der Waals surface area contributed by atoms with Gasteiger partial charge in [-0.15, -0.1) is 0 Å². The first-order valence-electron chi connectivity index (χ1n) is 6.13. The number of hydrogen-bond donors (Lipinski definition) is 1. The van der Waals surface area contributed by atoms with Crippen molar-refractivity contribution >= 4 is 28.3 Å². The van der Waals surface area contributed by atoms with E-state index in [0.29, 0.717) is 11.3 Å². The highest BCUT2D eigenvalue weighted by Gasteiger charge is 2.18. The summed E-state index contributed by atoms with van der Waals surface area (Å²) in [6.45, 7) is -0.110. The van der Waals surface area contributed by atoms with Gasteiger partial charge in [0.15, 0.2) is 0 Å². The summed E-state index contributed by atoms with van der Waals surface area (Å²) < 4.78 is 4.54. The number of carbonyl (C=O) groups excluding carboxylic acids is 2. The number of benzene rings is 2. The lowest BCUT2D eigenvalue weighted by Crippen LogP contribution is -2.33. The molecular weight excluding hydrogens is 256 g/mol. The number of likely N-dealkylation sites (N-methyl/N-ethyl adjacent to an activating group) is 1. The largest absolute Gasteiger partial charge is 0.468 e. The number of nitrogens with two attached hydrogens (primary N) is 1. The zero-order chi connectivity index (χ0) is 14.7. The fourth-order valence-electron chi connectivity index (χ4n) is 1.98. The predicted octanol–water partition coefficient (Wildman–Crippen LogP) is 1.67. The molecule has 0 heterocycles. The molecule has 0 radical (unpaired) electrons. The minimum absolute atomic E-state index is 0.110. The quantitative estimate of drug-likeness (QED) is 0.681. The van der Waals surface area contributed by atoms with E-state index < -0.39 is 5.97 Å². The molecule has 104 valence electrons. The smallest absolute Gasteiger partial charge is 0.325 e. The molecule has 5 nitrogen and oxygen atoms in total. The molecule has 0 aliphatic heterocycles. The molecule has 0 bridgehead atoms. The van der Waals surface area contributed by atoms with Crippen molar-refractivity contribution in [1.29, 1.82) is 0 Å². The third kappa shape index (κ3) is 2.71. The van der Waals surface area contributed by atoms with Crippen LogP contribution in [0, 0.1) is 0 Å². The first-order valence-corrected chi connectivity index (χ1v) is 6.13. The van der Waals surface area contributed by atoms with Gasteiger partial charge in [-0.05, 0) is 22.9 Å². The van der Waals surface area contributed by atoms with Crippen molar-refractivity contribution < 1.29 is 14.3 Å². The lowest BCUT2D eigenvalue weighted by molar-refractivity contribution is -0.141. The van der Waals surface area contributed by atoms with Crippen molar-refractivity contribution in [2.45, 2.75) is 0 Å². The highest BCUT2D eigenvalue weighted by molar-refractivity contribution is 6.04. The molecule has 0 unspecified atom stereocenters. The standard InChI is InChI=1S/C15H16N2O3/c1-17(9-14(18)20-2)15(19)12-7-10-5-3-4-6-11(10)8-13(12)16/h3-8H,9,16H2,1-2H3. The van der Waals surface area contributed by atoms with Gasteiger partial charge in [-0.2, -0.15) is 0 Å². The van der Waals surface area contributed by atoms with E-state index in [0.717, 1.165) is 10.8 Å². The molecule has 2 rings (SSSR count). The molecule has 0 aliphatic carbocycles. The van der Waals surface area contributed by atoms with Gasteiger partial charge in [0.05, 0.1) is 12.7 Å². The van der Waals surface area contributed by atoms with E-state index in [1.807, 2.05) is 24.3 Å². The van der Waals surface area contributed by atoms with E-state index in [1.54, 1.807) is 12.1 Å². The van der Waals surface area contributed by atoms with Crippen LogP contribution in [0.2, 0.25) is 0 Å². The number of ether oxygens (including phenoxy) is 1. The molecule has 2 aromatic carbocycles. The number of rotatable bonds is 3. The molecular formula is C15H16N2O3. The normalized spacial score (nSPS) is 10.3. The van der Waals surface area contributed by atoms with Gasteiger partial charge in [0.2, 0.25) is 0 Å². The SMILES string of the molecule is COC(=O)CN(C)C(=O)c1cc2ccccc2cc1N. The first-order chi connectivity index (χ1) is 9.52. The lowest BCUT2D eigenvalue weighted by Gasteiger charge is -2.17. The van der Waals surface area contributed by atoms with Crippen LogP contribution in [0.3, 0.4) is 0 Å². The van der Waals surface area contributed by atoms with Crippen LogP contribution in [-0.4, -0.2) is 37.5 Å². The number of amides is 1. The Morgan fingerprint density at radius 3 is 2.40 bits per heavy atom. The number of nitrogen functional groups attached to an aromatic ring is 1. The minimum atomic E-state index is -0.472. The van der Waals surface area contributed by atoms with Gasteiger partial charge in [0, 0.05) is 12.7 Å². The van der Waals surface area contributed by atoms with Crippen molar-refractivity contribution in [2.75, 3.05) is 26.4 Å². The number of anilines is 1. The number of esters is 1. The third-order valence-corrected chi connectivity index (χ3v) is 3.09. The van der Waals surface area contributed by atoms with Crippen molar-refractivity contribution in [3.8, 4) is 0 Å². The van der Waals surface area contributed by atoms with Crippen LogP contribution >= 0.6 is 0 Å². The Balaban J connectivity index is 2.34. The van der Waals surface area contributed by atoms with E-state index in [4.69, 9.17) is 5.73 Å². The Bertz CT molecular complexity index is 667. The van der Waals surface area contributed by atoms with Gasteiger partial charge >= 0.3 is 5.97 Å². The highest BCUT2D eigenvalue weighted by atomic mass is 16.5. The Morgan fingerprint density at radius 1 is 1.20 bits per heavy atom. The van der Waals surface area contributed by atoms with Gasteiger partial charge < -0.3 is 15.4 Å². The molecule has 0 fully saturated rings. The second-order valence-corrected chi connectivity index (χ2v) is 4.52. The van der Waals surface area contributed by atoms with Crippen LogP contribution in [0.25, 0.3) is 10.8 Å². The van der Waals surface area contributed by atoms with Crippen molar-refractivity contribution in [1.82, 2.24) is 4.90 Å². The van der Waals surface area contributed by atoms with E-state index in [9.17, 15) is 9.59 Å². The van der Waals surface area contributed by atoms with Crippen LogP contribution in [0.5, 0.6) is 0 Å². The molecule has 0 saturated heterocycles. The number of methoxy groups -OCH3 is 1. The van der Waals surface area contributed by atoms with E-state index >= 15 is 0 Å². The molecule has 5 heteroatoms. The molecule has 0 aromatic heterocycles. The predicted molar refractivity (Wildman–Crippen MR) is 77.3 cm³/mol. The summed E-state index contributed by atoms with van der Waals surface area (Å²) in [4.78, 5) is 24.8. The zero-order valence-electron chi connectivity index (χ0n) is 11.4. The maximum atomic E-state index is 12.3. The molecule has 0 aliphatic rings. The number of nitrogens with zero attached hydrogens (tertiary/aromatic N) is 1. The maximum Gasteiger partial charge on any atom is 0.325 e. The Hall–Kier alpha value is -2.56. The molecule has 0 atom stereocenters. The summed E-state index contributed by atoms with van der Waals surface area (Å²) in [7, 11) is 2.82. The molecule has 2 aromatic rings. The lowest BCUT2D eigenvalue weighted by atomic mass is 10.0. The Morgan fingerprint density at radius 2 is 1.80 bits per heavy atom. The zero-order valence-corrected chi connectivity index (χ0v) is 11.4. The summed E-state index contributed by atoms with van der Waals surface area (Å²) in [5, 5.41) is 1.90. The van der Waals surface area contributed by atoms with Gasteiger partial charge in [0.25, 0.3) is 5.91 Å². The van der Waals surface area contributed by atoms with Crippen LogP contribution < -0.4 is 5.73 Å². The van der Waals surface area contributed by atoms with Crippen LogP contribution in [0.15, 0.2) is 36.4 Å². The number of hydrogen-bond acceptors (Lipinski definition) is 4. The third-order valence-electron chi connectivity index (χ3n) is 3.09. The Labute approximate surface area is 116 Å². The van der Waals surface area contributed by atoms with Gasteiger partial charge in [-0.25, -0.2) is 0 Å². The second-order valence-electron chi connectivity index (χ2n) is 4.52. The summed E-state index contributed by atoms with van der Waals surface area (Å²) in [6.07, 6.45) is 0. The van der Waals surface area contributed by atoms with Crippen LogP contribution in [0.4, 0.5) is 5.69 Å². The summed E-state index contributed by atoms with van der Waals surface area (Å²) in [6, 6.07) is 11.1. The topological polar surface area (TPSA) is 72.6 Å². The maximum absolute atomic E-state index is 12.3. The van der Waals surface area contributed by atoms with Crippen LogP contribution in [-0.2, 0) is 9.53 Å². The summed E-state index contributed by atoms with van der Waals surface area (Å²) in [5.41, 5.74) is 6.70. The minimum Gasteiger partial charge on any atom is -0.468 e. The van der Waals surface area contributed by atoms with E-state index in [1.165, 1.54) is 19.1 Å². The molecule has 0 spiro atoms.